The van der Waals surface area contributed by atoms with Gasteiger partial charge in [-0.3, -0.25) is 0 Å². The molecule has 0 saturated heterocycles. The van der Waals surface area contributed by atoms with E-state index in [0.717, 1.165) is 19.3 Å². The minimum atomic E-state index is 0.0968. The minimum absolute atomic E-state index is 0.0968. The first-order valence-electron chi connectivity index (χ1n) is 5.15. The van der Waals surface area contributed by atoms with E-state index in [0.29, 0.717) is 0 Å². The molecule has 0 aromatic carbocycles. The van der Waals surface area contributed by atoms with E-state index >= 15 is 0 Å². The minimum Gasteiger partial charge on any atom is -0.237 e. The van der Waals surface area contributed by atoms with Crippen LogP contribution in [0.4, 0.5) is 0 Å². The van der Waals surface area contributed by atoms with Gasteiger partial charge in [0.05, 0.1) is 6.61 Å². The van der Waals surface area contributed by atoms with Crippen LogP contribution in [-0.4, -0.2) is 6.61 Å². The molecule has 0 aromatic rings. The lowest BCUT2D eigenvalue weighted by molar-refractivity contribution is 0.186. The quantitative estimate of drug-likeness (QED) is 0.390. The van der Waals surface area contributed by atoms with Crippen LogP contribution in [0.25, 0.3) is 0 Å². The second-order valence-corrected chi connectivity index (χ2v) is 3.17. The van der Waals surface area contributed by atoms with Crippen molar-refractivity contribution in [3.05, 3.63) is 12.2 Å². The van der Waals surface area contributed by atoms with Gasteiger partial charge in [-0.2, -0.15) is 0 Å². The van der Waals surface area contributed by atoms with E-state index < -0.39 is 0 Å². The van der Waals surface area contributed by atoms with Gasteiger partial charge in [0.25, 0.3) is 0 Å². The number of hydrogen-bond donors (Lipinski definition) is 0. The number of allylic oxidation sites excluding steroid dienone is 2. The second kappa shape index (κ2) is 10.7. The molecule has 0 aliphatic heterocycles. The van der Waals surface area contributed by atoms with Crippen LogP contribution >= 0.6 is 0 Å². The highest BCUT2D eigenvalue weighted by Gasteiger charge is 1.85. The van der Waals surface area contributed by atoms with Crippen molar-refractivity contribution in [1.29, 1.82) is 0 Å². The van der Waals surface area contributed by atoms with Crippen molar-refractivity contribution >= 4 is 0 Å². The SMILES string of the molecule is CCCC/C=C/CCCCC[O]. The molecular formula is C11H21O. The maximum absolute atomic E-state index is 10.1. The fraction of sp³-hybridized carbons (Fsp3) is 0.818. The van der Waals surface area contributed by atoms with E-state index in [1.807, 2.05) is 0 Å². The zero-order valence-corrected chi connectivity index (χ0v) is 8.22. The van der Waals surface area contributed by atoms with Crippen LogP contribution < -0.4 is 0 Å². The first-order chi connectivity index (χ1) is 5.91. The van der Waals surface area contributed by atoms with Crippen molar-refractivity contribution in [3.63, 3.8) is 0 Å². The van der Waals surface area contributed by atoms with Crippen molar-refractivity contribution < 1.29 is 5.11 Å². The fourth-order valence-corrected chi connectivity index (χ4v) is 1.10. The van der Waals surface area contributed by atoms with Crippen LogP contribution in [0.1, 0.15) is 51.9 Å². The smallest absolute Gasteiger partial charge is 0.0822 e. The van der Waals surface area contributed by atoms with Crippen LogP contribution in [0.2, 0.25) is 0 Å². The molecule has 0 rings (SSSR count). The molecule has 12 heavy (non-hydrogen) atoms. The highest BCUT2D eigenvalue weighted by atomic mass is 16.2. The molecular weight excluding hydrogens is 148 g/mol. The zero-order valence-electron chi connectivity index (χ0n) is 8.22. The van der Waals surface area contributed by atoms with Gasteiger partial charge >= 0.3 is 0 Å². The Morgan fingerprint density at radius 2 is 1.58 bits per heavy atom. The number of hydrogen-bond acceptors (Lipinski definition) is 0. The molecule has 0 saturated carbocycles. The van der Waals surface area contributed by atoms with Crippen molar-refractivity contribution in [1.82, 2.24) is 0 Å². The van der Waals surface area contributed by atoms with Gasteiger partial charge < -0.3 is 0 Å². The standard InChI is InChI=1S/C11H21O/c1-2-3-4-5-6-7-8-9-10-11-12/h5-6H,2-4,7-11H2,1H3/b6-5+. The molecule has 0 atom stereocenters. The summed E-state index contributed by atoms with van der Waals surface area (Å²) in [7, 11) is 0. The maximum Gasteiger partial charge on any atom is 0.0822 e. The summed E-state index contributed by atoms with van der Waals surface area (Å²) in [5.41, 5.74) is 0. The highest BCUT2D eigenvalue weighted by molar-refractivity contribution is 4.80. The lowest BCUT2D eigenvalue weighted by Gasteiger charge is -1.93. The van der Waals surface area contributed by atoms with Gasteiger partial charge in [-0.1, -0.05) is 38.3 Å². The molecule has 0 unspecified atom stereocenters. The van der Waals surface area contributed by atoms with Gasteiger partial charge in [-0.15, -0.1) is 0 Å². The fourth-order valence-electron chi connectivity index (χ4n) is 1.10. The van der Waals surface area contributed by atoms with Crippen molar-refractivity contribution in [2.75, 3.05) is 6.61 Å². The van der Waals surface area contributed by atoms with Crippen molar-refractivity contribution in [2.45, 2.75) is 51.9 Å². The molecule has 0 N–H and O–H groups in total. The Hall–Kier alpha value is -0.300. The van der Waals surface area contributed by atoms with Gasteiger partial charge in [-0.25, -0.2) is 5.11 Å². The van der Waals surface area contributed by atoms with Gasteiger partial charge in [0, 0.05) is 0 Å². The summed E-state index contributed by atoms with van der Waals surface area (Å²) in [6.45, 7) is 2.31. The highest BCUT2D eigenvalue weighted by Crippen LogP contribution is 2.02. The first kappa shape index (κ1) is 11.7. The van der Waals surface area contributed by atoms with E-state index in [1.54, 1.807) is 0 Å². The molecule has 1 heteroatoms. The van der Waals surface area contributed by atoms with E-state index in [-0.39, 0.29) is 6.61 Å². The Bertz CT molecular complexity index is 97.2. The Morgan fingerprint density at radius 3 is 2.17 bits per heavy atom. The van der Waals surface area contributed by atoms with Crippen LogP contribution in [0, 0.1) is 0 Å². The average molecular weight is 169 g/mol. The van der Waals surface area contributed by atoms with Crippen LogP contribution in [-0.2, 0) is 5.11 Å². The number of rotatable bonds is 8. The molecule has 0 aromatic heterocycles. The summed E-state index contributed by atoms with van der Waals surface area (Å²) in [6, 6.07) is 0. The Balaban J connectivity index is 2.92. The lowest BCUT2D eigenvalue weighted by atomic mass is 10.1. The molecule has 0 spiro atoms. The van der Waals surface area contributed by atoms with E-state index in [9.17, 15) is 5.11 Å². The van der Waals surface area contributed by atoms with Crippen LogP contribution in [0.5, 0.6) is 0 Å². The predicted molar refractivity (Wildman–Crippen MR) is 52.7 cm³/mol. The van der Waals surface area contributed by atoms with Crippen LogP contribution in [0.3, 0.4) is 0 Å². The monoisotopic (exact) mass is 169 g/mol. The van der Waals surface area contributed by atoms with Gasteiger partial charge in [0.15, 0.2) is 0 Å². The third-order valence-electron chi connectivity index (χ3n) is 1.91. The van der Waals surface area contributed by atoms with E-state index in [2.05, 4.69) is 19.1 Å². The summed E-state index contributed by atoms with van der Waals surface area (Å²) >= 11 is 0. The Morgan fingerprint density at radius 1 is 0.917 bits per heavy atom. The molecule has 0 aliphatic carbocycles. The topological polar surface area (TPSA) is 19.9 Å². The first-order valence-corrected chi connectivity index (χ1v) is 5.15. The van der Waals surface area contributed by atoms with Gasteiger partial charge in [-0.05, 0) is 25.7 Å². The summed E-state index contributed by atoms with van der Waals surface area (Å²) < 4.78 is 0. The second-order valence-electron chi connectivity index (χ2n) is 3.17. The summed E-state index contributed by atoms with van der Waals surface area (Å²) in [4.78, 5) is 0. The normalized spacial score (nSPS) is 11.2. The molecule has 0 fully saturated rings. The molecule has 0 bridgehead atoms. The lowest BCUT2D eigenvalue weighted by Crippen LogP contribution is -1.79. The van der Waals surface area contributed by atoms with Gasteiger partial charge in [0.2, 0.25) is 0 Å². The van der Waals surface area contributed by atoms with Crippen LogP contribution in [0.15, 0.2) is 12.2 Å². The third kappa shape index (κ3) is 9.70. The Labute approximate surface area is 76.5 Å². The molecule has 0 heterocycles. The van der Waals surface area contributed by atoms with E-state index in [4.69, 9.17) is 0 Å². The molecule has 1 nitrogen and oxygen atoms in total. The van der Waals surface area contributed by atoms with Crippen molar-refractivity contribution in [2.24, 2.45) is 0 Å². The van der Waals surface area contributed by atoms with E-state index in [1.165, 1.54) is 25.7 Å². The molecule has 0 amide bonds. The summed E-state index contributed by atoms with van der Waals surface area (Å²) in [5.74, 6) is 0. The van der Waals surface area contributed by atoms with Gasteiger partial charge in [0.1, 0.15) is 0 Å². The summed E-state index contributed by atoms with van der Waals surface area (Å²) in [5, 5.41) is 10.1. The average Bonchev–Trinajstić information content (AvgIpc) is 2.10. The molecule has 71 valence electrons. The largest absolute Gasteiger partial charge is 0.237 e. The molecule has 1 radical (unpaired) electrons. The van der Waals surface area contributed by atoms with Crippen molar-refractivity contribution in [3.8, 4) is 0 Å². The zero-order chi connectivity index (χ0) is 9.07. The Kier molecular flexibility index (Phi) is 10.4. The number of unbranched alkanes of at least 4 members (excludes halogenated alkanes) is 5. The summed E-state index contributed by atoms with van der Waals surface area (Å²) in [6.07, 6.45) is 12.6. The molecule has 0 aliphatic rings. The third-order valence-corrected chi connectivity index (χ3v) is 1.91. The predicted octanol–water partition coefficient (Wildman–Crippen LogP) is 3.72. The maximum atomic E-state index is 10.1.